The molecule has 7 heteroatoms. The Morgan fingerprint density at radius 3 is 2.64 bits per heavy atom. The van der Waals surface area contributed by atoms with E-state index in [4.69, 9.17) is 16.3 Å². The van der Waals surface area contributed by atoms with Gasteiger partial charge in [-0.05, 0) is 32.4 Å². The summed E-state index contributed by atoms with van der Waals surface area (Å²) in [7, 11) is 0. The van der Waals surface area contributed by atoms with Gasteiger partial charge in [0.25, 0.3) is 5.91 Å². The van der Waals surface area contributed by atoms with E-state index in [0.29, 0.717) is 39.4 Å². The average Bonchev–Trinajstić information content (AvgIpc) is 2.97. The molecule has 1 aromatic heterocycles. The zero-order valence-electron chi connectivity index (χ0n) is 14.5. The van der Waals surface area contributed by atoms with Crippen LogP contribution in [-0.2, 0) is 4.74 Å². The summed E-state index contributed by atoms with van der Waals surface area (Å²) < 4.78 is 5.05. The van der Waals surface area contributed by atoms with Gasteiger partial charge >= 0.3 is 5.97 Å². The third-order valence-electron chi connectivity index (χ3n) is 3.56. The van der Waals surface area contributed by atoms with Crippen LogP contribution < -0.4 is 4.90 Å². The number of carbonyl (C=O) groups is 2. The molecule has 0 aliphatic carbocycles. The maximum atomic E-state index is 13.0. The number of unbranched alkanes of at least 4 members (excludes halogenated alkanes) is 1. The Hall–Kier alpha value is -1.92. The molecule has 0 spiro atoms. The summed E-state index contributed by atoms with van der Waals surface area (Å²) in [6.45, 7) is 6.35. The summed E-state index contributed by atoms with van der Waals surface area (Å²) in [5, 5.41) is 0.881. The van der Waals surface area contributed by atoms with Crippen LogP contribution in [0.2, 0.25) is 5.02 Å². The maximum Gasteiger partial charge on any atom is 0.350 e. The van der Waals surface area contributed by atoms with Crippen LogP contribution in [0.15, 0.2) is 24.3 Å². The summed E-state index contributed by atoms with van der Waals surface area (Å²) in [6.07, 6.45) is 1.75. The number of ether oxygens (including phenoxy) is 1. The molecule has 1 heterocycles. The molecule has 0 N–H and O–H groups in total. The molecule has 5 nitrogen and oxygen atoms in total. The third-order valence-corrected chi connectivity index (χ3v) is 5.05. The van der Waals surface area contributed by atoms with Crippen LogP contribution in [0.4, 0.5) is 5.13 Å². The molecule has 0 radical (unpaired) electrons. The van der Waals surface area contributed by atoms with Crippen LogP contribution >= 0.6 is 22.9 Å². The number of nitrogens with zero attached hydrogens (tertiary/aromatic N) is 2. The second-order valence-electron chi connectivity index (χ2n) is 5.42. The van der Waals surface area contributed by atoms with Gasteiger partial charge in [0.05, 0.1) is 22.9 Å². The molecule has 0 atom stereocenters. The quantitative estimate of drug-likeness (QED) is 0.651. The van der Waals surface area contributed by atoms with Gasteiger partial charge in [0, 0.05) is 6.54 Å². The number of thiazole rings is 1. The molecule has 2 rings (SSSR count). The van der Waals surface area contributed by atoms with E-state index in [-0.39, 0.29) is 5.91 Å². The fourth-order valence-electron chi connectivity index (χ4n) is 2.26. The molecule has 1 aromatic carbocycles. The second kappa shape index (κ2) is 8.97. The Kier molecular flexibility index (Phi) is 6.96. The Morgan fingerprint density at radius 2 is 2.00 bits per heavy atom. The summed E-state index contributed by atoms with van der Waals surface area (Å²) in [4.78, 5) is 31.4. The lowest BCUT2D eigenvalue weighted by Gasteiger charge is -2.20. The first-order chi connectivity index (χ1) is 12.0. The molecule has 25 heavy (non-hydrogen) atoms. The smallest absolute Gasteiger partial charge is 0.350 e. The van der Waals surface area contributed by atoms with Gasteiger partial charge in [0.1, 0.15) is 4.88 Å². The molecular weight excluding hydrogens is 360 g/mol. The minimum absolute atomic E-state index is 0.219. The SMILES string of the molecule is CCCCN(C(=O)c1ccccc1Cl)c1nc(C)c(C(=O)OCC)s1. The zero-order chi connectivity index (χ0) is 18.4. The largest absolute Gasteiger partial charge is 0.462 e. The van der Waals surface area contributed by atoms with Crippen molar-refractivity contribution in [2.24, 2.45) is 0 Å². The van der Waals surface area contributed by atoms with Gasteiger partial charge in [-0.15, -0.1) is 0 Å². The van der Waals surface area contributed by atoms with E-state index in [2.05, 4.69) is 11.9 Å². The fourth-order valence-corrected chi connectivity index (χ4v) is 3.47. The number of benzene rings is 1. The molecule has 0 aliphatic rings. The van der Waals surface area contributed by atoms with Gasteiger partial charge in [0.15, 0.2) is 5.13 Å². The summed E-state index contributed by atoms with van der Waals surface area (Å²) in [5.41, 5.74) is 0.984. The van der Waals surface area contributed by atoms with Crippen LogP contribution in [0.5, 0.6) is 0 Å². The molecule has 1 amide bonds. The average molecular weight is 381 g/mol. The van der Waals surface area contributed by atoms with Crippen molar-refractivity contribution in [1.29, 1.82) is 0 Å². The highest BCUT2D eigenvalue weighted by molar-refractivity contribution is 7.17. The van der Waals surface area contributed by atoms with Gasteiger partial charge in [0.2, 0.25) is 0 Å². The zero-order valence-corrected chi connectivity index (χ0v) is 16.1. The highest BCUT2D eigenvalue weighted by atomic mass is 35.5. The van der Waals surface area contributed by atoms with Crippen molar-refractivity contribution in [2.45, 2.75) is 33.6 Å². The molecule has 134 valence electrons. The van der Waals surface area contributed by atoms with Crippen molar-refractivity contribution in [2.75, 3.05) is 18.1 Å². The Morgan fingerprint density at radius 1 is 1.28 bits per heavy atom. The first-order valence-electron chi connectivity index (χ1n) is 8.20. The standard InChI is InChI=1S/C18H21ClN2O3S/c1-4-6-11-21(16(22)13-9-7-8-10-14(13)19)18-20-12(3)15(25-18)17(23)24-5-2/h7-10H,4-6,11H2,1-3H3. The number of anilines is 1. The lowest BCUT2D eigenvalue weighted by molar-refractivity contribution is 0.0531. The number of halogens is 1. The van der Waals surface area contributed by atoms with E-state index in [1.54, 1.807) is 43.0 Å². The summed E-state index contributed by atoms with van der Waals surface area (Å²) in [6, 6.07) is 6.93. The summed E-state index contributed by atoms with van der Waals surface area (Å²) in [5.74, 6) is -0.632. The van der Waals surface area contributed by atoms with Crippen molar-refractivity contribution in [1.82, 2.24) is 4.98 Å². The fraction of sp³-hybridized carbons (Fsp3) is 0.389. The molecule has 0 fully saturated rings. The number of hydrogen-bond donors (Lipinski definition) is 0. The van der Waals surface area contributed by atoms with Crippen LogP contribution in [0, 0.1) is 6.92 Å². The third kappa shape index (κ3) is 4.58. The van der Waals surface area contributed by atoms with Gasteiger partial charge in [-0.2, -0.15) is 0 Å². The number of hydrogen-bond acceptors (Lipinski definition) is 5. The Labute approximate surface area is 156 Å². The van der Waals surface area contributed by atoms with E-state index >= 15 is 0 Å². The highest BCUT2D eigenvalue weighted by Gasteiger charge is 2.25. The predicted octanol–water partition coefficient (Wildman–Crippen LogP) is 4.73. The van der Waals surface area contributed by atoms with Crippen molar-refractivity contribution in [3.8, 4) is 0 Å². The van der Waals surface area contributed by atoms with Crippen LogP contribution in [0.3, 0.4) is 0 Å². The molecule has 0 saturated carbocycles. The number of amides is 1. The van der Waals surface area contributed by atoms with Crippen LogP contribution in [0.1, 0.15) is 52.4 Å². The van der Waals surface area contributed by atoms with Crippen molar-refractivity contribution >= 4 is 39.9 Å². The maximum absolute atomic E-state index is 13.0. The minimum atomic E-state index is -0.413. The summed E-state index contributed by atoms with van der Waals surface area (Å²) >= 11 is 7.35. The van der Waals surface area contributed by atoms with Crippen molar-refractivity contribution in [3.05, 3.63) is 45.4 Å². The number of rotatable bonds is 7. The molecular formula is C18H21ClN2O3S. The number of carbonyl (C=O) groups excluding carboxylic acids is 2. The molecule has 0 unspecified atom stereocenters. The molecule has 0 saturated heterocycles. The van der Waals surface area contributed by atoms with E-state index in [1.807, 2.05) is 0 Å². The number of aryl methyl sites for hydroxylation is 1. The first-order valence-corrected chi connectivity index (χ1v) is 9.39. The highest BCUT2D eigenvalue weighted by Crippen LogP contribution is 2.29. The van der Waals surface area contributed by atoms with Gasteiger partial charge in [-0.1, -0.05) is 48.4 Å². The number of aromatic nitrogens is 1. The van der Waals surface area contributed by atoms with Gasteiger partial charge < -0.3 is 4.74 Å². The Bertz CT molecular complexity index is 761. The van der Waals surface area contributed by atoms with E-state index in [9.17, 15) is 9.59 Å². The topological polar surface area (TPSA) is 59.5 Å². The van der Waals surface area contributed by atoms with Gasteiger partial charge in [-0.25, -0.2) is 9.78 Å². The van der Waals surface area contributed by atoms with Crippen LogP contribution in [-0.4, -0.2) is 30.0 Å². The minimum Gasteiger partial charge on any atom is -0.462 e. The second-order valence-corrected chi connectivity index (χ2v) is 6.81. The first kappa shape index (κ1) is 19.4. The lowest BCUT2D eigenvalue weighted by atomic mass is 10.2. The lowest BCUT2D eigenvalue weighted by Crippen LogP contribution is -2.32. The van der Waals surface area contributed by atoms with Gasteiger partial charge in [-0.3, -0.25) is 9.69 Å². The van der Waals surface area contributed by atoms with Crippen molar-refractivity contribution < 1.29 is 14.3 Å². The molecule has 0 bridgehead atoms. The van der Waals surface area contributed by atoms with E-state index < -0.39 is 5.97 Å². The van der Waals surface area contributed by atoms with Crippen LogP contribution in [0.25, 0.3) is 0 Å². The van der Waals surface area contributed by atoms with Crippen molar-refractivity contribution in [3.63, 3.8) is 0 Å². The normalized spacial score (nSPS) is 10.6. The van der Waals surface area contributed by atoms with E-state index in [0.717, 1.165) is 12.8 Å². The van der Waals surface area contributed by atoms with E-state index in [1.165, 1.54) is 11.3 Å². The predicted molar refractivity (Wildman–Crippen MR) is 101 cm³/mol. The monoisotopic (exact) mass is 380 g/mol. The molecule has 0 aliphatic heterocycles. The Balaban J connectivity index is 2.38. The number of esters is 1. The molecule has 2 aromatic rings.